The number of halogens is 2. The van der Waals surface area contributed by atoms with Gasteiger partial charge in [-0.05, 0) is 18.2 Å². The van der Waals surface area contributed by atoms with Crippen molar-refractivity contribution < 1.29 is 28.2 Å². The molecule has 2 rings (SSSR count). The normalized spacial score (nSPS) is 13.9. The predicted molar refractivity (Wildman–Crippen MR) is 48.9 cm³/mol. The highest BCUT2D eigenvalue weighted by atomic mass is 19.3. The standard InChI is InChI=1S/C10H8F2O4/c11-10(12,4-13)9(14)6-1-2-7-8(3-6)16-5-15-7/h1-3,13H,4-5H2. The maximum Gasteiger partial charge on any atom is 0.332 e. The molecule has 1 aromatic carbocycles. The van der Waals surface area contributed by atoms with E-state index in [1.54, 1.807) is 0 Å². The molecule has 1 N–H and O–H groups in total. The van der Waals surface area contributed by atoms with Gasteiger partial charge in [-0.15, -0.1) is 0 Å². The van der Waals surface area contributed by atoms with Crippen LogP contribution in [0.5, 0.6) is 11.5 Å². The molecule has 0 atom stereocenters. The van der Waals surface area contributed by atoms with Crippen LogP contribution in [0.1, 0.15) is 10.4 Å². The van der Waals surface area contributed by atoms with Crippen LogP contribution in [0.25, 0.3) is 0 Å². The van der Waals surface area contributed by atoms with Crippen molar-refractivity contribution in [3.8, 4) is 11.5 Å². The first-order valence-corrected chi connectivity index (χ1v) is 4.48. The maximum absolute atomic E-state index is 12.9. The summed E-state index contributed by atoms with van der Waals surface area (Å²) in [6.07, 6.45) is 0. The average Bonchev–Trinajstić information content (AvgIpc) is 2.74. The molecule has 1 heterocycles. The van der Waals surface area contributed by atoms with Crippen LogP contribution in [0, 0.1) is 0 Å². The Labute approximate surface area is 89.4 Å². The average molecular weight is 230 g/mol. The van der Waals surface area contributed by atoms with Crippen LogP contribution in [0.15, 0.2) is 18.2 Å². The number of fused-ring (bicyclic) bond motifs is 1. The summed E-state index contributed by atoms with van der Waals surface area (Å²) in [7, 11) is 0. The van der Waals surface area contributed by atoms with Crippen molar-refractivity contribution in [3.05, 3.63) is 23.8 Å². The summed E-state index contributed by atoms with van der Waals surface area (Å²) >= 11 is 0. The van der Waals surface area contributed by atoms with E-state index in [0.29, 0.717) is 5.75 Å². The molecule has 0 aromatic heterocycles. The van der Waals surface area contributed by atoms with Gasteiger partial charge in [0.15, 0.2) is 11.5 Å². The van der Waals surface area contributed by atoms with E-state index in [1.807, 2.05) is 0 Å². The van der Waals surface area contributed by atoms with Crippen molar-refractivity contribution >= 4 is 5.78 Å². The number of ketones is 1. The third kappa shape index (κ3) is 1.71. The van der Waals surface area contributed by atoms with Crippen molar-refractivity contribution in [2.24, 2.45) is 0 Å². The van der Waals surface area contributed by atoms with Crippen LogP contribution in [0.3, 0.4) is 0 Å². The number of Topliss-reactive ketones (excluding diaryl/α,β-unsaturated/α-hetero) is 1. The molecule has 0 saturated heterocycles. The summed E-state index contributed by atoms with van der Waals surface area (Å²) in [6, 6.07) is 3.76. The summed E-state index contributed by atoms with van der Waals surface area (Å²) < 4.78 is 35.8. The Hall–Kier alpha value is -1.69. The number of ether oxygens (including phenoxy) is 2. The molecule has 1 aliphatic rings. The molecular formula is C10H8F2O4. The van der Waals surface area contributed by atoms with E-state index < -0.39 is 18.3 Å². The van der Waals surface area contributed by atoms with Gasteiger partial charge in [-0.3, -0.25) is 4.79 Å². The second kappa shape index (κ2) is 3.71. The van der Waals surface area contributed by atoms with Crippen LogP contribution in [-0.4, -0.2) is 30.2 Å². The fraction of sp³-hybridized carbons (Fsp3) is 0.300. The summed E-state index contributed by atoms with van der Waals surface area (Å²) in [5, 5.41) is 8.39. The third-order valence-corrected chi connectivity index (χ3v) is 2.17. The smallest absolute Gasteiger partial charge is 0.332 e. The first-order valence-electron chi connectivity index (χ1n) is 4.48. The van der Waals surface area contributed by atoms with Crippen molar-refractivity contribution in [1.82, 2.24) is 0 Å². The van der Waals surface area contributed by atoms with Gasteiger partial charge in [0.2, 0.25) is 12.6 Å². The second-order valence-corrected chi connectivity index (χ2v) is 3.26. The molecule has 1 aliphatic heterocycles. The summed E-state index contributed by atoms with van der Waals surface area (Å²) in [5.74, 6) is -4.55. The van der Waals surface area contributed by atoms with Gasteiger partial charge in [0.25, 0.3) is 0 Å². The molecule has 0 bridgehead atoms. The minimum absolute atomic E-state index is 0.00334. The molecule has 0 radical (unpaired) electrons. The number of hydrogen-bond donors (Lipinski definition) is 1. The van der Waals surface area contributed by atoms with E-state index in [4.69, 9.17) is 14.6 Å². The molecule has 0 fully saturated rings. The SMILES string of the molecule is O=C(c1ccc2c(c1)OCO2)C(F)(F)CO. The summed E-state index contributed by atoms with van der Waals surface area (Å²) in [6.45, 7) is -1.51. The molecule has 16 heavy (non-hydrogen) atoms. The second-order valence-electron chi connectivity index (χ2n) is 3.26. The molecule has 0 unspecified atom stereocenters. The number of hydrogen-bond acceptors (Lipinski definition) is 4. The fourth-order valence-corrected chi connectivity index (χ4v) is 1.32. The molecule has 0 aliphatic carbocycles. The predicted octanol–water partition coefficient (Wildman–Crippen LogP) is 1.23. The van der Waals surface area contributed by atoms with Crippen LogP contribution >= 0.6 is 0 Å². The summed E-state index contributed by atoms with van der Waals surface area (Å²) in [5.41, 5.74) is -0.219. The number of rotatable bonds is 3. The van der Waals surface area contributed by atoms with Crippen LogP contribution in [0.4, 0.5) is 8.78 Å². The molecule has 0 saturated carbocycles. The molecule has 1 aromatic rings. The lowest BCUT2D eigenvalue weighted by Gasteiger charge is -2.11. The number of alkyl halides is 2. The third-order valence-electron chi connectivity index (χ3n) is 2.17. The Morgan fingerprint density at radius 1 is 1.38 bits per heavy atom. The number of aliphatic hydroxyl groups excluding tert-OH is 1. The highest BCUT2D eigenvalue weighted by molar-refractivity contribution is 6.01. The lowest BCUT2D eigenvalue weighted by Crippen LogP contribution is -2.32. The van der Waals surface area contributed by atoms with E-state index in [0.717, 1.165) is 0 Å². The van der Waals surface area contributed by atoms with Gasteiger partial charge < -0.3 is 14.6 Å². The van der Waals surface area contributed by atoms with E-state index in [2.05, 4.69) is 0 Å². The molecule has 6 heteroatoms. The maximum atomic E-state index is 12.9. The Morgan fingerprint density at radius 3 is 2.75 bits per heavy atom. The molecule has 4 nitrogen and oxygen atoms in total. The monoisotopic (exact) mass is 230 g/mol. The van der Waals surface area contributed by atoms with Crippen LogP contribution in [0.2, 0.25) is 0 Å². The minimum Gasteiger partial charge on any atom is -0.454 e. The minimum atomic E-state index is -3.77. The Kier molecular flexibility index (Phi) is 2.51. The first-order chi connectivity index (χ1) is 7.54. The van der Waals surface area contributed by atoms with Crippen LogP contribution < -0.4 is 9.47 Å². The van der Waals surface area contributed by atoms with Gasteiger partial charge in [0.1, 0.15) is 6.61 Å². The van der Waals surface area contributed by atoms with E-state index in [1.165, 1.54) is 18.2 Å². The van der Waals surface area contributed by atoms with Gasteiger partial charge in [-0.1, -0.05) is 0 Å². The fourth-order valence-electron chi connectivity index (χ4n) is 1.32. The van der Waals surface area contributed by atoms with Crippen molar-refractivity contribution in [2.45, 2.75) is 5.92 Å². The Morgan fingerprint density at radius 2 is 2.06 bits per heavy atom. The largest absolute Gasteiger partial charge is 0.454 e. The Bertz CT molecular complexity index is 431. The topological polar surface area (TPSA) is 55.8 Å². The molecule has 0 amide bonds. The van der Waals surface area contributed by atoms with Crippen molar-refractivity contribution in [2.75, 3.05) is 13.4 Å². The van der Waals surface area contributed by atoms with Gasteiger partial charge in [0, 0.05) is 5.56 Å². The highest BCUT2D eigenvalue weighted by Gasteiger charge is 2.39. The van der Waals surface area contributed by atoms with E-state index in [9.17, 15) is 13.6 Å². The number of benzene rings is 1. The lowest BCUT2D eigenvalue weighted by atomic mass is 10.1. The van der Waals surface area contributed by atoms with E-state index in [-0.39, 0.29) is 18.1 Å². The van der Waals surface area contributed by atoms with E-state index >= 15 is 0 Å². The number of carbonyl (C=O) groups excluding carboxylic acids is 1. The van der Waals surface area contributed by atoms with Gasteiger partial charge in [0.05, 0.1) is 0 Å². The number of carbonyl (C=O) groups is 1. The Balaban J connectivity index is 2.32. The van der Waals surface area contributed by atoms with Gasteiger partial charge in [-0.2, -0.15) is 8.78 Å². The van der Waals surface area contributed by atoms with Crippen molar-refractivity contribution in [1.29, 1.82) is 0 Å². The molecule has 0 spiro atoms. The molecule has 86 valence electrons. The van der Waals surface area contributed by atoms with Crippen molar-refractivity contribution in [3.63, 3.8) is 0 Å². The number of aliphatic hydroxyl groups is 1. The summed E-state index contributed by atoms with van der Waals surface area (Å²) in [4.78, 5) is 11.3. The van der Waals surface area contributed by atoms with Gasteiger partial charge >= 0.3 is 5.92 Å². The molecular weight excluding hydrogens is 222 g/mol. The van der Waals surface area contributed by atoms with Gasteiger partial charge in [-0.25, -0.2) is 0 Å². The lowest BCUT2D eigenvalue weighted by molar-refractivity contribution is -0.0260. The zero-order valence-electron chi connectivity index (χ0n) is 8.07. The highest BCUT2D eigenvalue weighted by Crippen LogP contribution is 2.33. The first kappa shape index (κ1) is 10.8. The zero-order chi connectivity index (χ0) is 11.8. The van der Waals surface area contributed by atoms with Crippen LogP contribution in [-0.2, 0) is 0 Å². The quantitative estimate of drug-likeness (QED) is 0.793. The zero-order valence-corrected chi connectivity index (χ0v) is 8.07.